The Bertz CT molecular complexity index is 815. The highest BCUT2D eigenvalue weighted by Crippen LogP contribution is 2.24. The highest BCUT2D eigenvalue weighted by atomic mass is 14.9. The molecule has 0 spiro atoms. The molecule has 0 aliphatic carbocycles. The number of hydrogen-bond donors (Lipinski definition) is 0. The minimum absolute atomic E-state index is 0.462. The maximum Gasteiger partial charge on any atom is 0.330 e. The lowest BCUT2D eigenvalue weighted by Gasteiger charge is -2.11. The first-order chi connectivity index (χ1) is 10.9. The van der Waals surface area contributed by atoms with E-state index in [1.54, 1.807) is 24.3 Å². The summed E-state index contributed by atoms with van der Waals surface area (Å²) in [6.07, 6.45) is 0. The quantitative estimate of drug-likeness (QED) is 0.481. The topological polar surface area (TPSA) is 84.0 Å². The van der Waals surface area contributed by atoms with E-state index in [0.29, 0.717) is 16.8 Å². The van der Waals surface area contributed by atoms with E-state index in [2.05, 4.69) is 16.9 Å². The molecule has 0 amide bonds. The summed E-state index contributed by atoms with van der Waals surface area (Å²) in [5.74, 6) is 0. The normalized spacial score (nSPS) is 9.65. The van der Waals surface area contributed by atoms with Crippen LogP contribution in [0.5, 0.6) is 0 Å². The smallest absolute Gasteiger partial charge is 0.330 e. The van der Waals surface area contributed by atoms with Crippen LogP contribution in [0.15, 0.2) is 24.3 Å². The second-order valence-corrected chi connectivity index (χ2v) is 5.64. The average Bonchev–Trinajstić information content (AvgIpc) is 2.51. The van der Waals surface area contributed by atoms with Gasteiger partial charge in [0.15, 0.2) is 0 Å². The largest absolute Gasteiger partial charge is 0.361 e. The molecule has 0 saturated carbocycles. The van der Waals surface area contributed by atoms with Crippen LogP contribution < -0.4 is 0 Å². The number of nitrogens with zero attached hydrogens (tertiary/aromatic N) is 4. The van der Waals surface area contributed by atoms with Crippen molar-refractivity contribution >= 4 is 5.71 Å². The molecule has 0 atom stereocenters. The molecule has 0 fully saturated rings. The van der Waals surface area contributed by atoms with E-state index >= 15 is 0 Å². The Morgan fingerprint density at radius 2 is 1.09 bits per heavy atom. The van der Waals surface area contributed by atoms with Crippen molar-refractivity contribution in [2.75, 3.05) is 0 Å². The zero-order valence-corrected chi connectivity index (χ0v) is 13.6. The van der Waals surface area contributed by atoms with Crippen LogP contribution in [0, 0.1) is 50.4 Å². The van der Waals surface area contributed by atoms with Gasteiger partial charge in [0.25, 0.3) is 0 Å². The van der Waals surface area contributed by atoms with E-state index in [1.165, 1.54) is 0 Å². The molecule has 4 nitrogen and oxygen atoms in total. The molecular weight excluding hydrogens is 284 g/mol. The van der Waals surface area contributed by atoms with Crippen LogP contribution in [0.1, 0.15) is 44.5 Å². The van der Waals surface area contributed by atoms with E-state index in [1.807, 2.05) is 27.7 Å². The van der Waals surface area contributed by atoms with E-state index in [0.717, 1.165) is 33.4 Å². The van der Waals surface area contributed by atoms with Gasteiger partial charge in [0, 0.05) is 0 Å². The van der Waals surface area contributed by atoms with Gasteiger partial charge >= 0.3 is 5.71 Å². The summed E-state index contributed by atoms with van der Waals surface area (Å²) >= 11 is 0. The van der Waals surface area contributed by atoms with Crippen LogP contribution in [0.2, 0.25) is 0 Å². The van der Waals surface area contributed by atoms with Crippen molar-refractivity contribution in [3.63, 3.8) is 0 Å². The molecule has 0 radical (unpaired) electrons. The van der Waals surface area contributed by atoms with Crippen LogP contribution in [0.25, 0.3) is 5.53 Å². The van der Waals surface area contributed by atoms with Gasteiger partial charge in [0.05, 0.1) is 34.4 Å². The predicted octanol–water partition coefficient (Wildman–Crippen LogP) is 3.73. The lowest BCUT2D eigenvalue weighted by atomic mass is 9.88. The van der Waals surface area contributed by atoms with E-state index in [4.69, 9.17) is 10.5 Å². The first-order valence-corrected chi connectivity index (χ1v) is 7.18. The third kappa shape index (κ3) is 2.90. The molecule has 2 rings (SSSR count). The van der Waals surface area contributed by atoms with Crippen LogP contribution in [0.3, 0.4) is 0 Å². The van der Waals surface area contributed by atoms with Gasteiger partial charge in [-0.2, -0.15) is 15.3 Å². The lowest BCUT2D eigenvalue weighted by Crippen LogP contribution is -2.13. The number of hydrogen-bond acceptors (Lipinski definition) is 2. The maximum atomic E-state index is 9.64. The summed E-state index contributed by atoms with van der Waals surface area (Å²) in [6, 6.07) is 11.4. The fourth-order valence-corrected chi connectivity index (χ4v) is 3.03. The standard InChI is InChI=1S/C19H16N4/c1-11-5-15(9-20)6-12(2)17(11)19(23-22)18-13(3)7-16(10-21)8-14(18)4/h5-8H,1-4H3. The van der Waals surface area contributed by atoms with Gasteiger partial charge in [0.1, 0.15) is 0 Å². The highest BCUT2D eigenvalue weighted by Gasteiger charge is 2.24. The van der Waals surface area contributed by atoms with Crippen molar-refractivity contribution in [2.24, 2.45) is 0 Å². The van der Waals surface area contributed by atoms with E-state index in [-0.39, 0.29) is 0 Å². The summed E-state index contributed by atoms with van der Waals surface area (Å²) in [5, 5.41) is 18.2. The maximum absolute atomic E-state index is 9.64. The molecule has 0 saturated heterocycles. The van der Waals surface area contributed by atoms with Gasteiger partial charge in [-0.1, -0.05) is 0 Å². The molecule has 0 unspecified atom stereocenters. The third-order valence-electron chi connectivity index (χ3n) is 3.90. The Morgan fingerprint density at radius 1 is 0.783 bits per heavy atom. The Hall–Kier alpha value is -3.20. The Kier molecular flexibility index (Phi) is 4.42. The fourth-order valence-electron chi connectivity index (χ4n) is 3.03. The van der Waals surface area contributed by atoms with Crippen LogP contribution in [-0.4, -0.2) is 10.5 Å². The summed E-state index contributed by atoms with van der Waals surface area (Å²) in [7, 11) is 0. The molecular formula is C19H16N4. The first-order valence-electron chi connectivity index (χ1n) is 7.18. The van der Waals surface area contributed by atoms with E-state index < -0.39 is 0 Å². The molecule has 0 aromatic heterocycles. The number of benzene rings is 2. The zero-order valence-electron chi connectivity index (χ0n) is 13.6. The summed E-state index contributed by atoms with van der Waals surface area (Å²) in [6.45, 7) is 7.57. The van der Waals surface area contributed by atoms with Crippen molar-refractivity contribution in [1.82, 2.24) is 0 Å². The fraction of sp³-hybridized carbons (Fsp3) is 0.211. The zero-order chi connectivity index (χ0) is 17.1. The van der Waals surface area contributed by atoms with Gasteiger partial charge in [-0.3, -0.25) is 0 Å². The Balaban J connectivity index is 2.77. The number of rotatable bonds is 2. The highest BCUT2D eigenvalue weighted by molar-refractivity contribution is 6.12. The van der Waals surface area contributed by atoms with Crippen molar-refractivity contribution in [1.29, 1.82) is 10.5 Å². The van der Waals surface area contributed by atoms with Gasteiger partial charge in [0.2, 0.25) is 0 Å². The van der Waals surface area contributed by atoms with Crippen LogP contribution >= 0.6 is 0 Å². The molecule has 4 heteroatoms. The summed E-state index contributed by atoms with van der Waals surface area (Å²) in [4.78, 5) is 3.53. The van der Waals surface area contributed by atoms with Gasteiger partial charge < -0.3 is 5.53 Å². The monoisotopic (exact) mass is 300 g/mol. The van der Waals surface area contributed by atoms with Gasteiger partial charge in [-0.05, 0) is 74.2 Å². The lowest BCUT2D eigenvalue weighted by molar-refractivity contribution is -0.00295. The second-order valence-electron chi connectivity index (χ2n) is 5.64. The van der Waals surface area contributed by atoms with Crippen molar-refractivity contribution in [3.8, 4) is 12.1 Å². The van der Waals surface area contributed by atoms with Crippen molar-refractivity contribution in [2.45, 2.75) is 27.7 Å². The van der Waals surface area contributed by atoms with Crippen LogP contribution in [-0.2, 0) is 0 Å². The molecule has 0 heterocycles. The molecule has 0 N–H and O–H groups in total. The van der Waals surface area contributed by atoms with Crippen molar-refractivity contribution < 1.29 is 4.79 Å². The molecule has 2 aromatic carbocycles. The Labute approximate surface area is 135 Å². The Morgan fingerprint density at radius 3 is 1.30 bits per heavy atom. The van der Waals surface area contributed by atoms with E-state index in [9.17, 15) is 5.53 Å². The van der Waals surface area contributed by atoms with Crippen molar-refractivity contribution in [3.05, 3.63) is 74.3 Å². The average molecular weight is 300 g/mol. The van der Waals surface area contributed by atoms with Crippen LogP contribution in [0.4, 0.5) is 0 Å². The van der Waals surface area contributed by atoms with Gasteiger partial charge in [-0.15, -0.1) is 0 Å². The molecule has 0 aliphatic heterocycles. The number of aryl methyl sites for hydroxylation is 4. The molecule has 112 valence electrons. The minimum Gasteiger partial charge on any atom is -0.361 e. The minimum atomic E-state index is 0.462. The molecule has 23 heavy (non-hydrogen) atoms. The first kappa shape index (κ1) is 16.2. The molecule has 0 aliphatic rings. The third-order valence-corrected chi connectivity index (χ3v) is 3.90. The number of nitriles is 2. The summed E-state index contributed by atoms with van der Waals surface area (Å²) in [5.41, 5.74) is 16.4. The second kappa shape index (κ2) is 6.28. The molecule has 2 aromatic rings. The SMILES string of the molecule is Cc1cc(C#N)cc(C)c1C(=[N+]=[N-])c1c(C)cc(C#N)cc1C. The predicted molar refractivity (Wildman–Crippen MR) is 88.1 cm³/mol. The van der Waals surface area contributed by atoms with Gasteiger partial charge in [-0.25, -0.2) is 0 Å². The molecule has 0 bridgehead atoms. The summed E-state index contributed by atoms with van der Waals surface area (Å²) < 4.78 is 0.